The van der Waals surface area contributed by atoms with Gasteiger partial charge in [-0.2, -0.15) is 4.98 Å². The molecule has 2 aromatic carbocycles. The lowest BCUT2D eigenvalue weighted by Gasteiger charge is -2.26. The number of rotatable bonds is 7. The summed E-state index contributed by atoms with van der Waals surface area (Å²) in [4.78, 5) is 6.94. The Kier molecular flexibility index (Phi) is 6.14. The summed E-state index contributed by atoms with van der Waals surface area (Å²) < 4.78 is 11.4. The molecule has 0 bridgehead atoms. The molecule has 1 fully saturated rings. The van der Waals surface area contributed by atoms with Crippen molar-refractivity contribution in [2.75, 3.05) is 20.2 Å². The van der Waals surface area contributed by atoms with Crippen molar-refractivity contribution in [2.45, 2.75) is 37.8 Å². The van der Waals surface area contributed by atoms with Crippen molar-refractivity contribution < 1.29 is 9.26 Å². The molecule has 28 heavy (non-hydrogen) atoms. The number of ether oxygens (including phenoxy) is 1. The van der Waals surface area contributed by atoms with Crippen molar-refractivity contribution in [1.29, 1.82) is 0 Å². The molecule has 0 amide bonds. The minimum absolute atomic E-state index is 0.0353. The van der Waals surface area contributed by atoms with Gasteiger partial charge in [-0.15, -0.1) is 0 Å². The lowest BCUT2D eigenvalue weighted by molar-refractivity contribution is -0.00382. The molecule has 0 saturated carbocycles. The summed E-state index contributed by atoms with van der Waals surface area (Å²) in [6, 6.07) is 20.7. The maximum atomic E-state index is 5.84. The minimum atomic E-state index is -0.0353. The van der Waals surface area contributed by atoms with Crippen LogP contribution in [0.5, 0.6) is 0 Å². The Morgan fingerprint density at radius 1 is 1.00 bits per heavy atom. The van der Waals surface area contributed by atoms with Gasteiger partial charge < -0.3 is 9.26 Å². The minimum Gasteiger partial charge on any atom is -0.377 e. The van der Waals surface area contributed by atoms with Crippen LogP contribution < -0.4 is 0 Å². The molecule has 5 nitrogen and oxygen atoms in total. The molecule has 0 spiro atoms. The predicted octanol–water partition coefficient (Wildman–Crippen LogP) is 4.25. The molecule has 1 aliphatic rings. The maximum absolute atomic E-state index is 5.84. The van der Waals surface area contributed by atoms with Crippen molar-refractivity contribution in [2.24, 2.45) is 0 Å². The lowest BCUT2D eigenvalue weighted by Crippen LogP contribution is -2.33. The zero-order valence-corrected chi connectivity index (χ0v) is 16.3. The van der Waals surface area contributed by atoms with E-state index in [0.717, 1.165) is 30.7 Å². The first-order valence-corrected chi connectivity index (χ1v) is 10.0. The molecule has 3 aromatic rings. The number of benzene rings is 2. The van der Waals surface area contributed by atoms with E-state index in [1.807, 2.05) is 36.4 Å². The molecule has 1 atom stereocenters. The van der Waals surface area contributed by atoms with Crippen LogP contribution in [0.15, 0.2) is 65.2 Å². The Morgan fingerprint density at radius 2 is 1.68 bits per heavy atom. The van der Waals surface area contributed by atoms with Crippen molar-refractivity contribution >= 4 is 0 Å². The van der Waals surface area contributed by atoms with Gasteiger partial charge >= 0.3 is 0 Å². The van der Waals surface area contributed by atoms with Crippen LogP contribution in [0.4, 0.5) is 0 Å². The molecule has 0 radical (unpaired) electrons. The van der Waals surface area contributed by atoms with E-state index in [2.05, 4.69) is 41.4 Å². The highest BCUT2D eigenvalue weighted by atomic mass is 16.5. The second kappa shape index (κ2) is 9.13. The highest BCUT2D eigenvalue weighted by Crippen LogP contribution is 2.30. The SMILES string of the molecule is CN(Cc1nc(C(c2ccccc2)c2ccccc2)no1)C[C@@H]1CCCCO1. The van der Waals surface area contributed by atoms with Gasteiger partial charge in [-0.25, -0.2) is 0 Å². The Hall–Kier alpha value is -2.50. The van der Waals surface area contributed by atoms with Gasteiger partial charge in [0.15, 0.2) is 5.82 Å². The second-order valence-corrected chi connectivity index (χ2v) is 7.49. The molecule has 1 aromatic heterocycles. The number of aromatic nitrogens is 2. The van der Waals surface area contributed by atoms with Crippen LogP contribution in [0.1, 0.15) is 48.0 Å². The van der Waals surface area contributed by atoms with E-state index in [1.54, 1.807) is 0 Å². The van der Waals surface area contributed by atoms with E-state index in [0.29, 0.717) is 24.4 Å². The normalized spacial score (nSPS) is 17.3. The molecule has 5 heteroatoms. The zero-order valence-electron chi connectivity index (χ0n) is 16.3. The van der Waals surface area contributed by atoms with Crippen molar-refractivity contribution in [3.8, 4) is 0 Å². The number of nitrogens with zero attached hydrogens (tertiary/aromatic N) is 3. The largest absolute Gasteiger partial charge is 0.377 e. The third-order valence-electron chi connectivity index (χ3n) is 5.20. The van der Waals surface area contributed by atoms with Gasteiger partial charge in [0.2, 0.25) is 5.89 Å². The molecule has 0 unspecified atom stereocenters. The maximum Gasteiger partial charge on any atom is 0.240 e. The summed E-state index contributed by atoms with van der Waals surface area (Å²) >= 11 is 0. The molecule has 1 saturated heterocycles. The first kappa shape index (κ1) is 18.8. The summed E-state index contributed by atoms with van der Waals surface area (Å²) in [5.74, 6) is 1.31. The smallest absolute Gasteiger partial charge is 0.240 e. The van der Waals surface area contributed by atoms with Crippen LogP contribution in [0.3, 0.4) is 0 Å². The number of hydrogen-bond acceptors (Lipinski definition) is 5. The second-order valence-electron chi connectivity index (χ2n) is 7.49. The third-order valence-corrected chi connectivity index (χ3v) is 5.20. The van der Waals surface area contributed by atoms with Gasteiger partial charge in [0.1, 0.15) is 0 Å². The van der Waals surface area contributed by atoms with Crippen LogP contribution in [0.2, 0.25) is 0 Å². The van der Waals surface area contributed by atoms with Gasteiger partial charge in [0, 0.05) is 13.2 Å². The fraction of sp³-hybridized carbons (Fsp3) is 0.391. The summed E-state index contributed by atoms with van der Waals surface area (Å²) in [6.45, 7) is 2.39. The fourth-order valence-electron chi connectivity index (χ4n) is 3.83. The average molecular weight is 377 g/mol. The Bertz CT molecular complexity index is 805. The summed E-state index contributed by atoms with van der Waals surface area (Å²) in [5.41, 5.74) is 2.31. The molecule has 2 heterocycles. The quantitative estimate of drug-likeness (QED) is 0.616. The van der Waals surface area contributed by atoms with E-state index in [9.17, 15) is 0 Å². The Labute approximate surface area is 166 Å². The van der Waals surface area contributed by atoms with E-state index in [4.69, 9.17) is 14.2 Å². The van der Waals surface area contributed by atoms with E-state index >= 15 is 0 Å². The molecular weight excluding hydrogens is 350 g/mol. The van der Waals surface area contributed by atoms with Crippen LogP contribution in [-0.4, -0.2) is 41.3 Å². The molecular formula is C23H27N3O2. The van der Waals surface area contributed by atoms with Crippen LogP contribution in [0, 0.1) is 0 Å². The van der Waals surface area contributed by atoms with Crippen molar-refractivity contribution in [3.05, 3.63) is 83.5 Å². The van der Waals surface area contributed by atoms with Crippen LogP contribution in [-0.2, 0) is 11.3 Å². The third kappa shape index (κ3) is 4.66. The standard InChI is InChI=1S/C23H27N3O2/c1-26(16-20-14-8-9-15-27-20)17-21-24-23(25-28-21)22(18-10-4-2-5-11-18)19-12-6-3-7-13-19/h2-7,10-13,20,22H,8-9,14-17H2,1H3/t20-/m0/s1. The van der Waals surface area contributed by atoms with E-state index in [-0.39, 0.29) is 5.92 Å². The van der Waals surface area contributed by atoms with E-state index in [1.165, 1.54) is 12.8 Å². The first-order valence-electron chi connectivity index (χ1n) is 10.0. The highest BCUT2D eigenvalue weighted by Gasteiger charge is 2.23. The van der Waals surface area contributed by atoms with Crippen molar-refractivity contribution in [1.82, 2.24) is 15.0 Å². The monoisotopic (exact) mass is 377 g/mol. The molecule has 4 rings (SSSR count). The number of likely N-dealkylation sites (N-methyl/N-ethyl adjacent to an activating group) is 1. The zero-order chi connectivity index (χ0) is 19.2. The predicted molar refractivity (Wildman–Crippen MR) is 108 cm³/mol. The first-order chi connectivity index (χ1) is 13.8. The summed E-state index contributed by atoms with van der Waals surface area (Å²) in [7, 11) is 2.08. The lowest BCUT2D eigenvalue weighted by atomic mass is 9.91. The topological polar surface area (TPSA) is 51.4 Å². The summed E-state index contributed by atoms with van der Waals surface area (Å²) in [6.07, 6.45) is 3.86. The van der Waals surface area contributed by atoms with Gasteiger partial charge in [0.25, 0.3) is 0 Å². The van der Waals surface area contributed by atoms with Crippen molar-refractivity contribution in [3.63, 3.8) is 0 Å². The van der Waals surface area contributed by atoms with E-state index < -0.39 is 0 Å². The summed E-state index contributed by atoms with van der Waals surface area (Å²) in [5, 5.41) is 4.33. The van der Waals surface area contributed by atoms with Gasteiger partial charge in [-0.3, -0.25) is 4.90 Å². The van der Waals surface area contributed by atoms with Crippen LogP contribution in [0.25, 0.3) is 0 Å². The number of hydrogen-bond donors (Lipinski definition) is 0. The molecule has 146 valence electrons. The Balaban J connectivity index is 1.50. The Morgan fingerprint density at radius 3 is 2.29 bits per heavy atom. The van der Waals surface area contributed by atoms with Gasteiger partial charge in [-0.05, 0) is 37.4 Å². The fourth-order valence-corrected chi connectivity index (χ4v) is 3.83. The van der Waals surface area contributed by atoms with Crippen LogP contribution >= 0.6 is 0 Å². The van der Waals surface area contributed by atoms with Gasteiger partial charge in [-0.1, -0.05) is 65.8 Å². The highest BCUT2D eigenvalue weighted by molar-refractivity contribution is 5.37. The van der Waals surface area contributed by atoms with Gasteiger partial charge in [0.05, 0.1) is 18.6 Å². The molecule has 1 aliphatic heterocycles. The average Bonchev–Trinajstić information content (AvgIpc) is 3.18. The molecule has 0 aliphatic carbocycles. The molecule has 0 N–H and O–H groups in total.